The molecule has 146 valence electrons. The number of aryl methyl sites for hydroxylation is 1. The zero-order valence-electron chi connectivity index (χ0n) is 14.9. The first-order valence-corrected chi connectivity index (χ1v) is 9.05. The molecule has 9 heteroatoms. The van der Waals surface area contributed by atoms with Gasteiger partial charge in [-0.3, -0.25) is 4.79 Å². The second kappa shape index (κ2) is 12.4. The van der Waals surface area contributed by atoms with Crippen molar-refractivity contribution in [2.24, 2.45) is 0 Å². The van der Waals surface area contributed by atoms with Gasteiger partial charge < -0.3 is 15.4 Å². The molecule has 1 aromatic carbocycles. The molecule has 2 rings (SSSR count). The molecule has 0 saturated carbocycles. The highest BCUT2D eigenvalue weighted by Gasteiger charge is 2.16. The molecule has 1 atom stereocenters. The van der Waals surface area contributed by atoms with Crippen molar-refractivity contribution in [2.45, 2.75) is 33.4 Å². The molecule has 0 spiro atoms. The van der Waals surface area contributed by atoms with Crippen LogP contribution in [0.2, 0.25) is 5.02 Å². The summed E-state index contributed by atoms with van der Waals surface area (Å²) >= 11 is 7.21. The molecule has 2 N–H and O–H groups in total. The molecule has 0 aliphatic rings. The highest BCUT2D eigenvalue weighted by molar-refractivity contribution is 7.13. The minimum atomic E-state index is -0.0903. The van der Waals surface area contributed by atoms with Crippen LogP contribution in [-0.4, -0.2) is 30.0 Å². The van der Waals surface area contributed by atoms with Crippen molar-refractivity contribution in [3.8, 4) is 5.75 Å². The fourth-order valence-corrected chi connectivity index (χ4v) is 3.17. The zero-order valence-corrected chi connectivity index (χ0v) is 18.1. The van der Waals surface area contributed by atoms with Crippen LogP contribution in [0.1, 0.15) is 34.2 Å². The second-order valence-corrected chi connectivity index (χ2v) is 6.95. The number of benzene rings is 1. The molecule has 0 aliphatic carbocycles. The topological polar surface area (TPSA) is 63.2 Å². The van der Waals surface area contributed by atoms with E-state index in [-0.39, 0.29) is 36.8 Å². The van der Waals surface area contributed by atoms with Crippen molar-refractivity contribution < 1.29 is 9.53 Å². The number of hydrogen-bond donors (Lipinski definition) is 2. The minimum Gasteiger partial charge on any atom is -0.486 e. The van der Waals surface area contributed by atoms with Gasteiger partial charge >= 0.3 is 0 Å². The van der Waals surface area contributed by atoms with E-state index in [1.165, 1.54) is 11.3 Å². The van der Waals surface area contributed by atoms with Gasteiger partial charge in [0.25, 0.3) is 5.91 Å². The molecular weight excluding hydrogens is 417 g/mol. The van der Waals surface area contributed by atoms with Gasteiger partial charge in [-0.25, -0.2) is 4.98 Å². The van der Waals surface area contributed by atoms with Crippen LogP contribution in [-0.2, 0) is 6.61 Å². The third-order valence-corrected chi connectivity index (χ3v) is 4.73. The van der Waals surface area contributed by atoms with Crippen molar-refractivity contribution in [1.29, 1.82) is 0 Å². The van der Waals surface area contributed by atoms with Crippen molar-refractivity contribution in [2.75, 3.05) is 13.1 Å². The SMILES string of the molecule is CCN[C@H](C)CNC(=O)c1sc(COc2ccc(Cl)cc2)nc1C.Cl.Cl. The number of amides is 1. The lowest BCUT2D eigenvalue weighted by atomic mass is 10.3. The number of ether oxygens (including phenoxy) is 1. The first-order chi connectivity index (χ1) is 11.5. The van der Waals surface area contributed by atoms with Crippen LogP contribution in [0, 0.1) is 6.92 Å². The Morgan fingerprint density at radius 2 is 1.96 bits per heavy atom. The monoisotopic (exact) mass is 439 g/mol. The van der Waals surface area contributed by atoms with Crippen LogP contribution < -0.4 is 15.4 Å². The van der Waals surface area contributed by atoms with Crippen LogP contribution in [0.4, 0.5) is 0 Å². The van der Waals surface area contributed by atoms with Crippen LogP contribution >= 0.6 is 47.8 Å². The molecule has 1 heterocycles. The summed E-state index contributed by atoms with van der Waals surface area (Å²) in [6, 6.07) is 7.39. The Bertz CT molecular complexity index is 680. The second-order valence-electron chi connectivity index (χ2n) is 5.43. The molecule has 0 unspecified atom stereocenters. The Kier molecular flexibility index (Phi) is 11.9. The third-order valence-electron chi connectivity index (χ3n) is 3.34. The number of aromatic nitrogens is 1. The van der Waals surface area contributed by atoms with Gasteiger partial charge in [-0.1, -0.05) is 18.5 Å². The predicted molar refractivity (Wildman–Crippen MR) is 113 cm³/mol. The summed E-state index contributed by atoms with van der Waals surface area (Å²) in [5.74, 6) is 0.630. The first kappa shape index (κ1) is 24.9. The number of carbonyl (C=O) groups excluding carboxylic acids is 1. The lowest BCUT2D eigenvalue weighted by Crippen LogP contribution is -2.38. The average molecular weight is 441 g/mol. The fourth-order valence-electron chi connectivity index (χ4n) is 2.15. The maximum atomic E-state index is 12.3. The van der Waals surface area contributed by atoms with E-state index >= 15 is 0 Å². The van der Waals surface area contributed by atoms with Gasteiger partial charge in [0.15, 0.2) is 0 Å². The van der Waals surface area contributed by atoms with E-state index in [1.807, 2.05) is 20.8 Å². The van der Waals surface area contributed by atoms with E-state index in [0.29, 0.717) is 23.1 Å². The lowest BCUT2D eigenvalue weighted by molar-refractivity contribution is 0.0953. The average Bonchev–Trinajstić information content (AvgIpc) is 2.93. The van der Waals surface area contributed by atoms with Gasteiger partial charge in [-0.05, 0) is 44.7 Å². The van der Waals surface area contributed by atoms with Gasteiger partial charge in [0.05, 0.1) is 5.69 Å². The molecule has 0 fully saturated rings. The number of carbonyl (C=O) groups is 1. The molecule has 0 aliphatic heterocycles. The Hall–Kier alpha value is -1.05. The summed E-state index contributed by atoms with van der Waals surface area (Å²) in [5.41, 5.74) is 0.725. The predicted octanol–water partition coefficient (Wildman–Crippen LogP) is 4.26. The summed E-state index contributed by atoms with van der Waals surface area (Å²) in [4.78, 5) is 17.3. The summed E-state index contributed by atoms with van der Waals surface area (Å²) < 4.78 is 5.67. The van der Waals surface area contributed by atoms with Crippen LogP contribution in [0.5, 0.6) is 5.75 Å². The van der Waals surface area contributed by atoms with E-state index in [0.717, 1.165) is 23.0 Å². The van der Waals surface area contributed by atoms with Crippen LogP contribution in [0.25, 0.3) is 0 Å². The molecule has 5 nitrogen and oxygen atoms in total. The van der Waals surface area contributed by atoms with Gasteiger partial charge in [0, 0.05) is 17.6 Å². The molecule has 1 amide bonds. The summed E-state index contributed by atoms with van der Waals surface area (Å²) in [6.45, 7) is 7.70. The van der Waals surface area contributed by atoms with E-state index in [9.17, 15) is 4.79 Å². The number of nitrogens with one attached hydrogen (secondary N) is 2. The van der Waals surface area contributed by atoms with Gasteiger partial charge in [-0.15, -0.1) is 36.2 Å². The summed E-state index contributed by atoms with van der Waals surface area (Å²) in [7, 11) is 0. The van der Waals surface area contributed by atoms with Crippen LogP contribution in [0.3, 0.4) is 0 Å². The van der Waals surface area contributed by atoms with E-state index in [1.54, 1.807) is 24.3 Å². The number of rotatable bonds is 8. The van der Waals surface area contributed by atoms with Crippen molar-refractivity contribution in [1.82, 2.24) is 15.6 Å². The quantitative estimate of drug-likeness (QED) is 0.644. The van der Waals surface area contributed by atoms with Gasteiger partial charge in [-0.2, -0.15) is 0 Å². The fraction of sp³-hybridized carbons (Fsp3) is 0.412. The maximum Gasteiger partial charge on any atom is 0.263 e. The van der Waals surface area contributed by atoms with Crippen LogP contribution in [0.15, 0.2) is 24.3 Å². The largest absolute Gasteiger partial charge is 0.486 e. The Morgan fingerprint density at radius 1 is 1.31 bits per heavy atom. The standard InChI is InChI=1S/C17H22ClN3O2S.2ClH/c1-4-19-11(2)9-20-17(22)16-12(3)21-15(24-16)10-23-14-7-5-13(18)6-8-14;;/h5-8,11,19H,4,9-10H2,1-3H3,(H,20,22);2*1H/t11-;;/m1../s1. The highest BCUT2D eigenvalue weighted by Crippen LogP contribution is 2.21. The van der Waals surface area contributed by atoms with E-state index in [2.05, 4.69) is 15.6 Å². The number of nitrogens with zero attached hydrogens (tertiary/aromatic N) is 1. The molecule has 1 aromatic heterocycles. The van der Waals surface area contributed by atoms with Gasteiger partial charge in [0.1, 0.15) is 22.2 Å². The molecule has 0 radical (unpaired) electrons. The number of hydrogen-bond acceptors (Lipinski definition) is 5. The lowest BCUT2D eigenvalue weighted by Gasteiger charge is -2.12. The number of likely N-dealkylation sites (N-methyl/N-ethyl adjacent to an activating group) is 1. The van der Waals surface area contributed by atoms with E-state index in [4.69, 9.17) is 16.3 Å². The third kappa shape index (κ3) is 7.68. The molecular formula is C17H24Cl3N3O2S. The molecule has 2 aromatic rings. The Labute approximate surface area is 175 Å². The Balaban J connectivity index is 0.00000312. The minimum absolute atomic E-state index is 0. The first-order valence-electron chi connectivity index (χ1n) is 7.85. The zero-order chi connectivity index (χ0) is 17.5. The highest BCUT2D eigenvalue weighted by atomic mass is 35.5. The normalized spacial score (nSPS) is 11.1. The maximum absolute atomic E-state index is 12.3. The van der Waals surface area contributed by atoms with Crippen molar-refractivity contribution in [3.05, 3.63) is 44.9 Å². The van der Waals surface area contributed by atoms with Crippen molar-refractivity contribution in [3.63, 3.8) is 0 Å². The van der Waals surface area contributed by atoms with E-state index < -0.39 is 0 Å². The van der Waals surface area contributed by atoms with Gasteiger partial charge in [0.2, 0.25) is 0 Å². The smallest absolute Gasteiger partial charge is 0.263 e. The number of halogens is 3. The summed E-state index contributed by atoms with van der Waals surface area (Å²) in [6.07, 6.45) is 0. The molecule has 0 saturated heterocycles. The van der Waals surface area contributed by atoms with Crippen molar-refractivity contribution >= 4 is 53.7 Å². The number of thiazole rings is 1. The molecule has 26 heavy (non-hydrogen) atoms. The summed E-state index contributed by atoms with van der Waals surface area (Å²) in [5, 5.41) is 7.63. The molecule has 0 bridgehead atoms. The Morgan fingerprint density at radius 3 is 2.58 bits per heavy atom.